The van der Waals surface area contributed by atoms with Gasteiger partial charge in [-0.2, -0.15) is 5.10 Å². The molecule has 4 heteroatoms. The maximum atomic E-state index is 5.45. The summed E-state index contributed by atoms with van der Waals surface area (Å²) in [6.45, 7) is 5.02. The monoisotopic (exact) mass is 210 g/mol. The Morgan fingerprint density at radius 3 is 2.53 bits per heavy atom. The van der Waals surface area contributed by atoms with Crippen LogP contribution in [0.3, 0.4) is 0 Å². The van der Waals surface area contributed by atoms with E-state index in [1.54, 1.807) is 0 Å². The highest BCUT2D eigenvalue weighted by Gasteiger charge is 2.09. The smallest absolute Gasteiger partial charge is 0.153 e. The Morgan fingerprint density at radius 2 is 2.00 bits per heavy atom. The van der Waals surface area contributed by atoms with Crippen LogP contribution < -0.4 is 5.73 Å². The third-order valence-corrected chi connectivity index (χ3v) is 2.49. The first-order valence-corrected chi connectivity index (χ1v) is 5.75. The van der Waals surface area contributed by atoms with E-state index in [1.165, 1.54) is 6.42 Å². The summed E-state index contributed by atoms with van der Waals surface area (Å²) in [7, 11) is 1.97. The topological polar surface area (TPSA) is 56.7 Å². The van der Waals surface area contributed by atoms with Gasteiger partial charge in [0.15, 0.2) is 5.82 Å². The van der Waals surface area contributed by atoms with Crippen molar-refractivity contribution >= 4 is 0 Å². The molecule has 0 aliphatic rings. The molecule has 0 amide bonds. The van der Waals surface area contributed by atoms with Crippen molar-refractivity contribution < 1.29 is 0 Å². The quantitative estimate of drug-likeness (QED) is 0.726. The molecule has 1 heterocycles. The van der Waals surface area contributed by atoms with E-state index in [1.807, 2.05) is 11.7 Å². The number of hydrogen-bond acceptors (Lipinski definition) is 3. The van der Waals surface area contributed by atoms with Crippen LogP contribution in [0.1, 0.15) is 50.7 Å². The summed E-state index contributed by atoms with van der Waals surface area (Å²) in [6, 6.07) is 0. The molecule has 1 aromatic heterocycles. The van der Waals surface area contributed by atoms with Gasteiger partial charge in [0.2, 0.25) is 0 Å². The SMILES string of the molecule is CC(C)c1nc(CCCCCN)n(C)n1. The Balaban J connectivity index is 2.46. The fourth-order valence-corrected chi connectivity index (χ4v) is 1.50. The lowest BCUT2D eigenvalue weighted by Gasteiger charge is -1.99. The molecule has 0 radical (unpaired) electrons. The Hall–Kier alpha value is -0.900. The minimum atomic E-state index is 0.411. The van der Waals surface area contributed by atoms with E-state index in [-0.39, 0.29) is 0 Å². The molecular formula is C11H22N4. The van der Waals surface area contributed by atoms with E-state index in [2.05, 4.69) is 23.9 Å². The van der Waals surface area contributed by atoms with Crippen LogP contribution in [0.4, 0.5) is 0 Å². The maximum absolute atomic E-state index is 5.45. The maximum Gasteiger partial charge on any atom is 0.153 e. The molecule has 2 N–H and O–H groups in total. The van der Waals surface area contributed by atoms with Crippen molar-refractivity contribution in [3.05, 3.63) is 11.6 Å². The van der Waals surface area contributed by atoms with Crippen molar-refractivity contribution in [3.8, 4) is 0 Å². The van der Waals surface area contributed by atoms with Crippen LogP contribution >= 0.6 is 0 Å². The van der Waals surface area contributed by atoms with Gasteiger partial charge in [0, 0.05) is 19.4 Å². The van der Waals surface area contributed by atoms with E-state index in [4.69, 9.17) is 5.73 Å². The lowest BCUT2D eigenvalue weighted by atomic mass is 10.2. The first kappa shape index (κ1) is 12.2. The summed E-state index contributed by atoms with van der Waals surface area (Å²) >= 11 is 0. The van der Waals surface area contributed by atoms with Crippen molar-refractivity contribution in [1.82, 2.24) is 14.8 Å². The molecule has 15 heavy (non-hydrogen) atoms. The van der Waals surface area contributed by atoms with Crippen LogP contribution in [0.15, 0.2) is 0 Å². The lowest BCUT2D eigenvalue weighted by Crippen LogP contribution is -2.01. The van der Waals surface area contributed by atoms with Crippen molar-refractivity contribution in [3.63, 3.8) is 0 Å². The third-order valence-electron chi connectivity index (χ3n) is 2.49. The molecular weight excluding hydrogens is 188 g/mol. The van der Waals surface area contributed by atoms with Gasteiger partial charge in [-0.15, -0.1) is 0 Å². The molecule has 1 aromatic rings. The molecule has 0 spiro atoms. The molecule has 0 fully saturated rings. The van der Waals surface area contributed by atoms with Gasteiger partial charge in [-0.25, -0.2) is 4.98 Å². The fourth-order valence-electron chi connectivity index (χ4n) is 1.50. The van der Waals surface area contributed by atoms with E-state index in [0.29, 0.717) is 5.92 Å². The summed E-state index contributed by atoms with van der Waals surface area (Å²) < 4.78 is 1.90. The number of hydrogen-bond donors (Lipinski definition) is 1. The van der Waals surface area contributed by atoms with Crippen LogP contribution in [0.25, 0.3) is 0 Å². The molecule has 0 aromatic carbocycles. The van der Waals surface area contributed by atoms with E-state index in [9.17, 15) is 0 Å². The number of unbranched alkanes of at least 4 members (excludes halogenated alkanes) is 2. The van der Waals surface area contributed by atoms with Crippen LogP contribution in [-0.2, 0) is 13.5 Å². The second-order valence-electron chi connectivity index (χ2n) is 4.26. The number of aryl methyl sites for hydroxylation is 2. The number of nitrogens with zero attached hydrogens (tertiary/aromatic N) is 3. The molecule has 0 aliphatic heterocycles. The van der Waals surface area contributed by atoms with Crippen molar-refractivity contribution in [2.75, 3.05) is 6.54 Å². The number of nitrogens with two attached hydrogens (primary N) is 1. The fraction of sp³-hybridized carbons (Fsp3) is 0.818. The Kier molecular flexibility index (Phi) is 4.75. The highest BCUT2D eigenvalue weighted by molar-refractivity contribution is 4.96. The largest absolute Gasteiger partial charge is 0.330 e. The molecule has 1 rings (SSSR count). The highest BCUT2D eigenvalue weighted by atomic mass is 15.3. The Labute approximate surface area is 91.9 Å². The van der Waals surface area contributed by atoms with Crippen molar-refractivity contribution in [2.45, 2.75) is 45.4 Å². The average molecular weight is 210 g/mol. The minimum Gasteiger partial charge on any atom is -0.330 e. The van der Waals surface area contributed by atoms with Gasteiger partial charge in [0.1, 0.15) is 5.82 Å². The molecule has 86 valence electrons. The van der Waals surface area contributed by atoms with E-state index >= 15 is 0 Å². The van der Waals surface area contributed by atoms with Gasteiger partial charge in [-0.05, 0) is 19.4 Å². The van der Waals surface area contributed by atoms with E-state index < -0.39 is 0 Å². The molecule has 0 atom stereocenters. The first-order valence-electron chi connectivity index (χ1n) is 5.75. The average Bonchev–Trinajstić information content (AvgIpc) is 2.55. The lowest BCUT2D eigenvalue weighted by molar-refractivity contribution is 0.629. The van der Waals surface area contributed by atoms with E-state index in [0.717, 1.165) is 37.5 Å². The summed E-state index contributed by atoms with van der Waals surface area (Å²) in [5.74, 6) is 2.45. The van der Waals surface area contributed by atoms with Gasteiger partial charge < -0.3 is 5.73 Å². The van der Waals surface area contributed by atoms with Crippen LogP contribution in [0.5, 0.6) is 0 Å². The van der Waals surface area contributed by atoms with Gasteiger partial charge in [0.25, 0.3) is 0 Å². The zero-order valence-corrected chi connectivity index (χ0v) is 10.0. The zero-order chi connectivity index (χ0) is 11.3. The molecule has 0 bridgehead atoms. The summed E-state index contributed by atoms with van der Waals surface area (Å²) in [4.78, 5) is 4.53. The summed E-state index contributed by atoms with van der Waals surface area (Å²) in [6.07, 6.45) is 4.45. The van der Waals surface area contributed by atoms with Crippen molar-refractivity contribution in [2.24, 2.45) is 12.8 Å². The van der Waals surface area contributed by atoms with Crippen LogP contribution in [0, 0.1) is 0 Å². The summed E-state index contributed by atoms with van der Waals surface area (Å²) in [5.41, 5.74) is 5.45. The van der Waals surface area contributed by atoms with Crippen LogP contribution in [0.2, 0.25) is 0 Å². The van der Waals surface area contributed by atoms with Gasteiger partial charge >= 0.3 is 0 Å². The normalized spacial score (nSPS) is 11.3. The number of aromatic nitrogens is 3. The molecule has 0 saturated carbocycles. The first-order chi connectivity index (χ1) is 7.15. The van der Waals surface area contributed by atoms with Gasteiger partial charge in [-0.3, -0.25) is 4.68 Å². The second-order valence-corrected chi connectivity index (χ2v) is 4.26. The third kappa shape index (κ3) is 3.63. The summed E-state index contributed by atoms with van der Waals surface area (Å²) in [5, 5.41) is 4.39. The predicted octanol–water partition coefficient (Wildman–Crippen LogP) is 1.61. The minimum absolute atomic E-state index is 0.411. The second kappa shape index (κ2) is 5.85. The number of rotatable bonds is 6. The zero-order valence-electron chi connectivity index (χ0n) is 10.0. The van der Waals surface area contributed by atoms with Crippen molar-refractivity contribution in [1.29, 1.82) is 0 Å². The molecule has 0 aliphatic carbocycles. The predicted molar refractivity (Wildman–Crippen MR) is 61.7 cm³/mol. The van der Waals surface area contributed by atoms with Crippen LogP contribution in [-0.4, -0.2) is 21.3 Å². The van der Waals surface area contributed by atoms with Gasteiger partial charge in [-0.1, -0.05) is 20.3 Å². The van der Waals surface area contributed by atoms with Gasteiger partial charge in [0.05, 0.1) is 0 Å². The molecule has 0 saturated heterocycles. The standard InChI is InChI=1S/C11H22N4/c1-9(2)11-13-10(15(3)14-11)7-5-4-6-8-12/h9H,4-8,12H2,1-3H3. The molecule has 0 unspecified atom stereocenters. The molecule has 4 nitrogen and oxygen atoms in total. The highest BCUT2D eigenvalue weighted by Crippen LogP contribution is 2.11. The Bertz CT molecular complexity index is 291. The Morgan fingerprint density at radius 1 is 1.27 bits per heavy atom.